The van der Waals surface area contributed by atoms with Gasteiger partial charge in [0.05, 0.1) is 18.2 Å². The lowest BCUT2D eigenvalue weighted by molar-refractivity contribution is -0.137. The maximum absolute atomic E-state index is 13.3. The van der Waals surface area contributed by atoms with Gasteiger partial charge in [0, 0.05) is 19.6 Å². The summed E-state index contributed by atoms with van der Waals surface area (Å²) in [4.78, 5) is 41.1. The molecule has 3 amide bonds. The summed E-state index contributed by atoms with van der Waals surface area (Å²) in [5, 5.41) is 11.3. The van der Waals surface area contributed by atoms with Gasteiger partial charge in [0.15, 0.2) is 0 Å². The fourth-order valence-corrected chi connectivity index (χ4v) is 5.18. The van der Waals surface area contributed by atoms with E-state index >= 15 is 0 Å². The lowest BCUT2D eigenvalue weighted by atomic mass is 10.0. The van der Waals surface area contributed by atoms with Crippen LogP contribution in [0.1, 0.15) is 36.0 Å². The van der Waals surface area contributed by atoms with Gasteiger partial charge in [-0.15, -0.1) is 0 Å². The zero-order valence-electron chi connectivity index (χ0n) is 23.5. The highest BCUT2D eigenvalue weighted by atomic mass is 19.4. The van der Waals surface area contributed by atoms with Gasteiger partial charge in [-0.3, -0.25) is 14.4 Å². The third-order valence-electron chi connectivity index (χ3n) is 7.37. The van der Waals surface area contributed by atoms with Crippen molar-refractivity contribution >= 4 is 17.7 Å². The summed E-state index contributed by atoms with van der Waals surface area (Å²) < 4.78 is 45.8. The fraction of sp³-hybridized carbons (Fsp3) is 0.500. The highest BCUT2D eigenvalue weighted by Gasteiger charge is 2.31. The molecular formula is C30H38F3N5O4. The summed E-state index contributed by atoms with van der Waals surface area (Å²) in [5.74, 6) is -0.690. The molecule has 2 aromatic carbocycles. The van der Waals surface area contributed by atoms with E-state index in [0.29, 0.717) is 37.2 Å². The molecule has 2 aliphatic heterocycles. The Morgan fingerprint density at radius 2 is 1.64 bits per heavy atom. The van der Waals surface area contributed by atoms with Crippen molar-refractivity contribution < 1.29 is 32.3 Å². The van der Waals surface area contributed by atoms with E-state index in [0.717, 1.165) is 43.6 Å². The fourth-order valence-electron chi connectivity index (χ4n) is 5.18. The Kier molecular flexibility index (Phi) is 11.2. The van der Waals surface area contributed by atoms with E-state index in [1.807, 2.05) is 24.3 Å². The summed E-state index contributed by atoms with van der Waals surface area (Å²) in [6, 6.07) is 10.7. The lowest BCUT2D eigenvalue weighted by Crippen LogP contribution is -2.55. The maximum Gasteiger partial charge on any atom is 0.416 e. The first-order chi connectivity index (χ1) is 20.2. The number of carbonyl (C=O) groups excluding carboxylic acids is 3. The molecule has 0 saturated carbocycles. The minimum absolute atomic E-state index is 0.0338. The first-order valence-corrected chi connectivity index (χ1v) is 14.4. The van der Waals surface area contributed by atoms with Gasteiger partial charge in [0.25, 0.3) is 0 Å². The number of alkyl halides is 3. The number of likely N-dealkylation sites (tertiary alicyclic amines) is 1. The largest absolute Gasteiger partial charge is 0.492 e. The summed E-state index contributed by atoms with van der Waals surface area (Å²) in [7, 11) is 0. The van der Waals surface area contributed by atoms with Gasteiger partial charge in [0.2, 0.25) is 17.7 Å². The SMILES string of the molecule is O=C1CNC(=O)[C@@H](Cc2cccc(C(F)(F)F)c2)NCCOc2ccccc2CCCNC(=O)[C@H](CN2CCCC2)N1. The highest BCUT2D eigenvalue weighted by Crippen LogP contribution is 2.29. The predicted octanol–water partition coefficient (Wildman–Crippen LogP) is 2.04. The number of aryl methyl sites for hydroxylation is 1. The maximum atomic E-state index is 13.3. The zero-order valence-corrected chi connectivity index (χ0v) is 23.5. The van der Waals surface area contributed by atoms with Crippen molar-refractivity contribution in [2.75, 3.05) is 45.9 Å². The van der Waals surface area contributed by atoms with Crippen LogP contribution in [0.5, 0.6) is 5.75 Å². The predicted molar refractivity (Wildman–Crippen MR) is 151 cm³/mol. The van der Waals surface area contributed by atoms with Crippen molar-refractivity contribution in [1.29, 1.82) is 0 Å². The van der Waals surface area contributed by atoms with Crippen LogP contribution in [-0.4, -0.2) is 80.6 Å². The van der Waals surface area contributed by atoms with E-state index in [9.17, 15) is 27.6 Å². The average Bonchev–Trinajstić information content (AvgIpc) is 3.48. The Morgan fingerprint density at radius 3 is 2.43 bits per heavy atom. The molecule has 2 aliphatic rings. The van der Waals surface area contributed by atoms with Gasteiger partial charge in [-0.05, 0) is 68.5 Å². The van der Waals surface area contributed by atoms with Crippen LogP contribution < -0.4 is 26.0 Å². The Labute approximate surface area is 243 Å². The van der Waals surface area contributed by atoms with Crippen LogP contribution in [-0.2, 0) is 33.4 Å². The molecule has 0 aliphatic carbocycles. The number of nitrogens with zero attached hydrogens (tertiary/aromatic N) is 1. The molecule has 1 saturated heterocycles. The number of amides is 3. The molecule has 4 N–H and O–H groups in total. The summed E-state index contributed by atoms with van der Waals surface area (Å²) in [6.07, 6.45) is -1.16. The zero-order chi connectivity index (χ0) is 30.0. The van der Waals surface area contributed by atoms with Gasteiger partial charge in [-0.25, -0.2) is 0 Å². The quantitative estimate of drug-likeness (QED) is 0.435. The number of benzene rings is 2. The molecule has 2 aromatic rings. The Bertz CT molecular complexity index is 1220. The van der Waals surface area contributed by atoms with E-state index in [1.54, 1.807) is 0 Å². The summed E-state index contributed by atoms with van der Waals surface area (Å²) >= 11 is 0. The number of para-hydroxylation sites is 1. The van der Waals surface area contributed by atoms with Crippen molar-refractivity contribution in [3.63, 3.8) is 0 Å². The number of hydrogen-bond donors (Lipinski definition) is 4. The van der Waals surface area contributed by atoms with E-state index in [-0.39, 0.29) is 32.0 Å². The topological polar surface area (TPSA) is 112 Å². The van der Waals surface area contributed by atoms with E-state index in [1.165, 1.54) is 12.1 Å². The molecule has 9 nitrogen and oxygen atoms in total. The third-order valence-corrected chi connectivity index (χ3v) is 7.37. The van der Waals surface area contributed by atoms with E-state index in [2.05, 4.69) is 26.2 Å². The number of rotatable bonds is 4. The first kappa shape index (κ1) is 31.3. The van der Waals surface area contributed by atoms with Crippen molar-refractivity contribution in [3.8, 4) is 5.75 Å². The molecule has 42 heavy (non-hydrogen) atoms. The third kappa shape index (κ3) is 9.45. The second-order valence-electron chi connectivity index (χ2n) is 10.6. The minimum atomic E-state index is -4.51. The van der Waals surface area contributed by atoms with Crippen LogP contribution in [0.4, 0.5) is 13.2 Å². The standard InChI is InChI=1S/C30H38F3N5O4/c31-30(32,33)23-10-5-7-21(17-23)18-24-28(40)36-19-27(39)37-25(20-38-14-3-4-15-38)29(41)35-12-6-9-22-8-1-2-11-26(22)42-16-13-34-24/h1-2,5,7-8,10-11,17,24-25,34H,3-4,6,9,12-16,18-20H2,(H,35,41)(H,36,40)(H,37,39)/t24-,25+/m1/s1. The number of hydrogen-bond acceptors (Lipinski definition) is 6. The van der Waals surface area contributed by atoms with Gasteiger partial charge in [-0.1, -0.05) is 36.4 Å². The molecule has 4 rings (SSSR count). The molecule has 2 heterocycles. The number of carbonyl (C=O) groups is 3. The molecule has 0 radical (unpaired) electrons. The molecule has 228 valence electrons. The minimum Gasteiger partial charge on any atom is -0.492 e. The Morgan fingerprint density at radius 1 is 0.881 bits per heavy atom. The van der Waals surface area contributed by atoms with Gasteiger partial charge >= 0.3 is 6.18 Å². The smallest absolute Gasteiger partial charge is 0.416 e. The molecule has 12 heteroatoms. The first-order valence-electron chi connectivity index (χ1n) is 14.4. The van der Waals surface area contributed by atoms with Crippen molar-refractivity contribution in [2.24, 2.45) is 0 Å². The second-order valence-corrected chi connectivity index (χ2v) is 10.6. The van der Waals surface area contributed by atoms with Gasteiger partial charge in [-0.2, -0.15) is 13.2 Å². The molecule has 0 unspecified atom stereocenters. The molecule has 0 aromatic heterocycles. The molecule has 0 bridgehead atoms. The number of ether oxygens (including phenoxy) is 1. The van der Waals surface area contributed by atoms with Crippen LogP contribution >= 0.6 is 0 Å². The van der Waals surface area contributed by atoms with Gasteiger partial charge in [0.1, 0.15) is 18.4 Å². The van der Waals surface area contributed by atoms with Crippen LogP contribution in [0.15, 0.2) is 48.5 Å². The molecule has 0 spiro atoms. The Hall–Kier alpha value is -3.64. The molecule has 1 fully saturated rings. The average molecular weight is 590 g/mol. The number of halogens is 3. The molecule has 2 atom stereocenters. The van der Waals surface area contributed by atoms with Crippen LogP contribution in [0.2, 0.25) is 0 Å². The van der Waals surface area contributed by atoms with Gasteiger partial charge < -0.3 is 30.9 Å². The number of nitrogens with one attached hydrogen (secondary N) is 4. The van der Waals surface area contributed by atoms with E-state index in [4.69, 9.17) is 4.74 Å². The monoisotopic (exact) mass is 589 g/mol. The van der Waals surface area contributed by atoms with Crippen molar-refractivity contribution in [2.45, 2.75) is 50.4 Å². The summed E-state index contributed by atoms with van der Waals surface area (Å²) in [6.45, 7) is 2.54. The van der Waals surface area contributed by atoms with E-state index < -0.39 is 35.6 Å². The Balaban J connectivity index is 1.50. The summed E-state index contributed by atoms with van der Waals surface area (Å²) in [5.41, 5.74) is 0.480. The van der Waals surface area contributed by atoms with Crippen LogP contribution in [0, 0.1) is 0 Å². The molecular weight excluding hydrogens is 551 g/mol. The second kappa shape index (κ2) is 15.0. The van der Waals surface area contributed by atoms with Crippen molar-refractivity contribution in [1.82, 2.24) is 26.2 Å². The van der Waals surface area contributed by atoms with Crippen LogP contribution in [0.25, 0.3) is 0 Å². The normalized spacial score (nSPS) is 22.1. The highest BCUT2D eigenvalue weighted by molar-refractivity contribution is 5.91. The lowest BCUT2D eigenvalue weighted by Gasteiger charge is -2.24. The number of fused-ring (bicyclic) bond motifs is 1. The van der Waals surface area contributed by atoms with Crippen molar-refractivity contribution in [3.05, 3.63) is 65.2 Å². The van der Waals surface area contributed by atoms with Crippen LogP contribution in [0.3, 0.4) is 0 Å².